The van der Waals surface area contributed by atoms with E-state index in [0.29, 0.717) is 11.9 Å². The molecule has 0 radical (unpaired) electrons. The number of hydrogen-bond donors (Lipinski definition) is 0. The van der Waals surface area contributed by atoms with Crippen molar-refractivity contribution >= 4 is 22.6 Å². The molecule has 1 aromatic heterocycles. The standard InChI is InChI=1S/C17H23ClN2O/c1-16(2)15(17(16,3)4)20-13-7-6-11(21-5)10-12(13)19-14(20)8-9-18/h6-7,10,15H,8-9H2,1-5H3. The van der Waals surface area contributed by atoms with E-state index in [4.69, 9.17) is 21.3 Å². The van der Waals surface area contributed by atoms with Crippen LogP contribution in [0.4, 0.5) is 0 Å². The van der Waals surface area contributed by atoms with Gasteiger partial charge >= 0.3 is 0 Å². The maximum absolute atomic E-state index is 5.98. The van der Waals surface area contributed by atoms with Gasteiger partial charge in [0.1, 0.15) is 11.6 Å². The molecule has 1 saturated carbocycles. The number of imidazole rings is 1. The highest BCUT2D eigenvalue weighted by molar-refractivity contribution is 6.17. The lowest BCUT2D eigenvalue weighted by atomic mass is 10.0. The molecular formula is C17H23ClN2O. The first-order valence-corrected chi connectivity index (χ1v) is 7.99. The number of aromatic nitrogens is 2. The van der Waals surface area contributed by atoms with Gasteiger partial charge in [-0.15, -0.1) is 11.6 Å². The second kappa shape index (κ2) is 4.64. The van der Waals surface area contributed by atoms with Gasteiger partial charge in [-0.2, -0.15) is 0 Å². The second-order valence-electron chi connectivity index (χ2n) is 7.04. The van der Waals surface area contributed by atoms with Crippen LogP contribution in [0.25, 0.3) is 11.0 Å². The van der Waals surface area contributed by atoms with E-state index in [2.05, 4.69) is 38.3 Å². The van der Waals surface area contributed by atoms with Gasteiger partial charge in [-0.25, -0.2) is 4.98 Å². The van der Waals surface area contributed by atoms with E-state index in [9.17, 15) is 0 Å². The van der Waals surface area contributed by atoms with Gasteiger partial charge in [-0.05, 0) is 23.0 Å². The lowest BCUT2D eigenvalue weighted by Crippen LogP contribution is -2.07. The average molecular weight is 307 g/mol. The van der Waals surface area contributed by atoms with Crippen LogP contribution in [0, 0.1) is 10.8 Å². The SMILES string of the molecule is COc1ccc2c(c1)nc(CCCl)n2C1C(C)(C)C1(C)C. The summed E-state index contributed by atoms with van der Waals surface area (Å²) in [5, 5.41) is 0. The zero-order valence-electron chi connectivity index (χ0n) is 13.4. The van der Waals surface area contributed by atoms with Crippen LogP contribution in [-0.2, 0) is 6.42 Å². The molecule has 1 aliphatic carbocycles. The summed E-state index contributed by atoms with van der Waals surface area (Å²) in [6.07, 6.45) is 0.793. The Hall–Kier alpha value is -1.22. The molecule has 2 aromatic rings. The van der Waals surface area contributed by atoms with E-state index in [0.717, 1.165) is 23.5 Å². The number of fused-ring (bicyclic) bond motifs is 1. The Morgan fingerprint density at radius 1 is 1.24 bits per heavy atom. The number of alkyl halides is 1. The molecule has 114 valence electrons. The van der Waals surface area contributed by atoms with Crippen molar-refractivity contribution in [1.29, 1.82) is 0 Å². The predicted molar refractivity (Wildman–Crippen MR) is 87.3 cm³/mol. The fourth-order valence-corrected chi connectivity index (χ4v) is 3.78. The third kappa shape index (κ3) is 1.97. The van der Waals surface area contributed by atoms with Gasteiger partial charge < -0.3 is 9.30 Å². The molecule has 0 atom stereocenters. The van der Waals surface area contributed by atoms with Gasteiger partial charge in [0.15, 0.2) is 0 Å². The molecule has 0 saturated heterocycles. The first-order chi connectivity index (χ1) is 9.84. The van der Waals surface area contributed by atoms with Crippen LogP contribution >= 0.6 is 11.6 Å². The molecular weight excluding hydrogens is 284 g/mol. The fourth-order valence-electron chi connectivity index (χ4n) is 3.61. The number of hydrogen-bond acceptors (Lipinski definition) is 2. The molecule has 0 spiro atoms. The Morgan fingerprint density at radius 2 is 1.90 bits per heavy atom. The van der Waals surface area contributed by atoms with Crippen molar-refractivity contribution in [3.8, 4) is 5.75 Å². The molecule has 1 aliphatic rings. The van der Waals surface area contributed by atoms with Gasteiger partial charge in [0, 0.05) is 24.4 Å². The van der Waals surface area contributed by atoms with Gasteiger partial charge in [0.25, 0.3) is 0 Å². The van der Waals surface area contributed by atoms with Crippen molar-refractivity contribution in [2.45, 2.75) is 40.2 Å². The molecule has 1 heterocycles. The summed E-state index contributed by atoms with van der Waals surface area (Å²) in [5.41, 5.74) is 2.70. The van der Waals surface area contributed by atoms with E-state index < -0.39 is 0 Å². The molecule has 1 fully saturated rings. The Labute approximate surface area is 131 Å². The van der Waals surface area contributed by atoms with Crippen LogP contribution in [0.15, 0.2) is 18.2 Å². The third-order valence-electron chi connectivity index (χ3n) is 5.49. The van der Waals surface area contributed by atoms with Crippen molar-refractivity contribution in [1.82, 2.24) is 9.55 Å². The van der Waals surface area contributed by atoms with E-state index in [1.54, 1.807) is 7.11 Å². The quantitative estimate of drug-likeness (QED) is 0.781. The van der Waals surface area contributed by atoms with E-state index in [1.807, 2.05) is 12.1 Å². The van der Waals surface area contributed by atoms with Crippen LogP contribution in [0.3, 0.4) is 0 Å². The summed E-state index contributed by atoms with van der Waals surface area (Å²) in [6.45, 7) is 9.32. The molecule has 0 bridgehead atoms. The van der Waals surface area contributed by atoms with Crippen molar-refractivity contribution in [3.63, 3.8) is 0 Å². The van der Waals surface area contributed by atoms with Crippen molar-refractivity contribution in [3.05, 3.63) is 24.0 Å². The van der Waals surface area contributed by atoms with Crippen molar-refractivity contribution < 1.29 is 4.74 Å². The maximum Gasteiger partial charge on any atom is 0.121 e. The predicted octanol–water partition coefficient (Wildman–Crippen LogP) is 4.43. The van der Waals surface area contributed by atoms with E-state index in [-0.39, 0.29) is 10.8 Å². The molecule has 3 rings (SSSR count). The van der Waals surface area contributed by atoms with Crippen LogP contribution < -0.4 is 4.74 Å². The summed E-state index contributed by atoms with van der Waals surface area (Å²) in [6, 6.07) is 6.59. The summed E-state index contributed by atoms with van der Waals surface area (Å²) in [5.74, 6) is 2.52. The zero-order chi connectivity index (χ0) is 15.4. The van der Waals surface area contributed by atoms with E-state index in [1.165, 1.54) is 5.52 Å². The van der Waals surface area contributed by atoms with Gasteiger partial charge in [0.2, 0.25) is 0 Å². The molecule has 1 aromatic carbocycles. The minimum absolute atomic E-state index is 0.265. The number of rotatable bonds is 4. The zero-order valence-corrected chi connectivity index (χ0v) is 14.2. The van der Waals surface area contributed by atoms with Gasteiger partial charge in [-0.3, -0.25) is 0 Å². The monoisotopic (exact) mass is 306 g/mol. The summed E-state index contributed by atoms with van der Waals surface area (Å²) in [4.78, 5) is 4.80. The molecule has 4 heteroatoms. The van der Waals surface area contributed by atoms with Crippen molar-refractivity contribution in [2.75, 3.05) is 13.0 Å². The summed E-state index contributed by atoms with van der Waals surface area (Å²) >= 11 is 5.98. The highest BCUT2D eigenvalue weighted by atomic mass is 35.5. The number of methoxy groups -OCH3 is 1. The summed E-state index contributed by atoms with van der Waals surface area (Å²) < 4.78 is 7.71. The van der Waals surface area contributed by atoms with Gasteiger partial charge in [-0.1, -0.05) is 27.7 Å². The normalized spacial score (nSPS) is 19.9. The first kappa shape index (κ1) is 14.7. The highest BCUT2D eigenvalue weighted by Gasteiger charge is 2.66. The molecule has 0 amide bonds. The molecule has 0 unspecified atom stereocenters. The van der Waals surface area contributed by atoms with Crippen LogP contribution in [0.5, 0.6) is 5.75 Å². The minimum atomic E-state index is 0.265. The number of nitrogens with zero attached hydrogens (tertiary/aromatic N) is 2. The average Bonchev–Trinajstić information content (AvgIpc) is 2.71. The smallest absolute Gasteiger partial charge is 0.121 e. The molecule has 0 aliphatic heterocycles. The van der Waals surface area contributed by atoms with Gasteiger partial charge in [0.05, 0.1) is 18.1 Å². The molecule has 21 heavy (non-hydrogen) atoms. The topological polar surface area (TPSA) is 27.1 Å². The lowest BCUT2D eigenvalue weighted by molar-refractivity contribution is 0.415. The maximum atomic E-state index is 5.98. The number of aryl methyl sites for hydroxylation is 1. The number of ether oxygens (including phenoxy) is 1. The lowest BCUT2D eigenvalue weighted by Gasteiger charge is -2.11. The van der Waals surface area contributed by atoms with Crippen LogP contribution in [0.1, 0.15) is 39.6 Å². The summed E-state index contributed by atoms with van der Waals surface area (Å²) in [7, 11) is 1.69. The van der Waals surface area contributed by atoms with Crippen LogP contribution in [0.2, 0.25) is 0 Å². The van der Waals surface area contributed by atoms with Crippen molar-refractivity contribution in [2.24, 2.45) is 10.8 Å². The number of halogens is 1. The fraction of sp³-hybridized carbons (Fsp3) is 0.588. The first-order valence-electron chi connectivity index (χ1n) is 7.45. The largest absolute Gasteiger partial charge is 0.497 e. The Morgan fingerprint density at radius 3 is 2.43 bits per heavy atom. The Kier molecular flexibility index (Phi) is 3.25. The Balaban J connectivity index is 2.18. The second-order valence-corrected chi connectivity index (χ2v) is 7.42. The third-order valence-corrected chi connectivity index (χ3v) is 5.68. The Bertz CT molecular complexity index is 673. The molecule has 0 N–H and O–H groups in total. The van der Waals surface area contributed by atoms with E-state index >= 15 is 0 Å². The highest BCUT2D eigenvalue weighted by Crippen LogP contribution is 2.72. The van der Waals surface area contributed by atoms with Crippen LogP contribution in [-0.4, -0.2) is 22.5 Å². The minimum Gasteiger partial charge on any atom is -0.497 e. The number of benzene rings is 1. The molecule has 3 nitrogen and oxygen atoms in total.